The molecule has 0 unspecified atom stereocenters. The molecule has 0 aliphatic carbocycles. The number of non-ortho nitro benzene ring substituents is 1. The molecular weight excluding hydrogens is 532 g/mol. The molecule has 3 aromatic rings. The molecule has 0 aliphatic rings. The number of nitrogens with zero attached hydrogens (tertiary/aromatic N) is 3. The Hall–Kier alpha value is -3.96. The zero-order valence-corrected chi connectivity index (χ0v) is 22.4. The molecule has 3 rings (SSSR count). The van der Waals surface area contributed by atoms with Gasteiger partial charge in [0, 0.05) is 30.2 Å². The summed E-state index contributed by atoms with van der Waals surface area (Å²) in [5, 5.41) is 14.4. The number of nitro benzene ring substituents is 1. The first-order valence-corrected chi connectivity index (χ1v) is 13.5. The average Bonchev–Trinajstić information content (AvgIpc) is 2.91. The molecular formula is C26H27ClN4O6S. The number of hydrogen-bond donors (Lipinski definition) is 1. The third kappa shape index (κ3) is 6.67. The molecule has 12 heteroatoms. The summed E-state index contributed by atoms with van der Waals surface area (Å²) in [7, 11) is -4.33. The van der Waals surface area contributed by atoms with E-state index in [4.69, 9.17) is 11.6 Å². The summed E-state index contributed by atoms with van der Waals surface area (Å²) in [4.78, 5) is 38.3. The van der Waals surface area contributed by atoms with E-state index in [-0.39, 0.29) is 22.8 Å². The normalized spacial score (nSPS) is 11.9. The Labute approximate surface area is 226 Å². The van der Waals surface area contributed by atoms with E-state index >= 15 is 0 Å². The lowest BCUT2D eigenvalue weighted by atomic mass is 10.1. The van der Waals surface area contributed by atoms with Crippen molar-refractivity contribution in [1.29, 1.82) is 0 Å². The number of sulfonamides is 1. The molecule has 0 saturated heterocycles. The van der Waals surface area contributed by atoms with E-state index in [0.29, 0.717) is 17.1 Å². The topological polar surface area (TPSA) is 130 Å². The molecule has 0 heterocycles. The second kappa shape index (κ2) is 12.5. The highest BCUT2D eigenvalue weighted by Crippen LogP contribution is 2.28. The van der Waals surface area contributed by atoms with E-state index < -0.39 is 39.3 Å². The standard InChI is InChI=1S/C26H27ClN4O6S/c1-3-28-26(33)19(2)29(17-20-10-7-8-15-24(20)27)25(32)18-30(21-11-9-12-22(16-21)31(34)35)38(36,37)23-13-5-4-6-14-23/h4-16,19H,3,17-18H2,1-2H3,(H,28,33)/t19-/m1/s1. The molecule has 0 saturated carbocycles. The number of nitro groups is 1. The van der Waals surface area contributed by atoms with Crippen molar-refractivity contribution in [3.05, 3.63) is 99.6 Å². The van der Waals surface area contributed by atoms with Crippen LogP contribution in [0.5, 0.6) is 0 Å². The van der Waals surface area contributed by atoms with Crippen molar-refractivity contribution < 1.29 is 22.9 Å². The number of rotatable bonds is 11. The van der Waals surface area contributed by atoms with Crippen LogP contribution in [0.4, 0.5) is 11.4 Å². The summed E-state index contributed by atoms with van der Waals surface area (Å²) in [5.41, 5.74) is 0.151. The Morgan fingerprint density at radius 1 is 1.03 bits per heavy atom. The highest BCUT2D eigenvalue weighted by molar-refractivity contribution is 7.92. The average molecular weight is 559 g/mol. The second-order valence-corrected chi connectivity index (χ2v) is 10.6. The van der Waals surface area contributed by atoms with Gasteiger partial charge in [-0.15, -0.1) is 0 Å². The Morgan fingerprint density at radius 2 is 1.68 bits per heavy atom. The third-order valence-corrected chi connectivity index (χ3v) is 7.91. The van der Waals surface area contributed by atoms with Crippen molar-refractivity contribution >= 4 is 44.8 Å². The van der Waals surface area contributed by atoms with Crippen LogP contribution in [0.2, 0.25) is 5.02 Å². The molecule has 0 spiro atoms. The van der Waals surface area contributed by atoms with Crippen molar-refractivity contribution in [2.24, 2.45) is 0 Å². The monoisotopic (exact) mass is 558 g/mol. The van der Waals surface area contributed by atoms with E-state index in [1.54, 1.807) is 37.3 Å². The number of amides is 2. The molecule has 0 aromatic heterocycles. The summed E-state index contributed by atoms with van der Waals surface area (Å²) in [6.45, 7) is 2.82. The van der Waals surface area contributed by atoms with Crippen LogP contribution in [0.15, 0.2) is 83.8 Å². The number of likely N-dealkylation sites (N-methyl/N-ethyl adjacent to an activating group) is 1. The molecule has 3 aromatic carbocycles. The molecule has 10 nitrogen and oxygen atoms in total. The first-order valence-electron chi connectivity index (χ1n) is 11.7. The fourth-order valence-corrected chi connectivity index (χ4v) is 5.35. The largest absolute Gasteiger partial charge is 0.355 e. The Kier molecular flexibility index (Phi) is 9.43. The zero-order chi connectivity index (χ0) is 27.9. The van der Waals surface area contributed by atoms with Crippen molar-refractivity contribution in [1.82, 2.24) is 10.2 Å². The van der Waals surface area contributed by atoms with E-state index in [9.17, 15) is 28.1 Å². The molecule has 200 valence electrons. The number of anilines is 1. The van der Waals surface area contributed by atoms with Crippen LogP contribution in [0, 0.1) is 10.1 Å². The van der Waals surface area contributed by atoms with Crippen molar-refractivity contribution in [3.63, 3.8) is 0 Å². The molecule has 2 amide bonds. The van der Waals surface area contributed by atoms with Crippen LogP contribution in [0.3, 0.4) is 0 Å². The minimum atomic E-state index is -4.33. The van der Waals surface area contributed by atoms with Crippen LogP contribution >= 0.6 is 11.6 Å². The van der Waals surface area contributed by atoms with Crippen molar-refractivity contribution in [2.75, 3.05) is 17.4 Å². The van der Waals surface area contributed by atoms with Gasteiger partial charge in [0.1, 0.15) is 12.6 Å². The van der Waals surface area contributed by atoms with E-state index in [1.165, 1.54) is 54.3 Å². The number of halogens is 1. The minimum Gasteiger partial charge on any atom is -0.355 e. The quantitative estimate of drug-likeness (QED) is 0.280. The van der Waals surface area contributed by atoms with Crippen LogP contribution in [0.25, 0.3) is 0 Å². The number of carbonyl (C=O) groups excluding carboxylic acids is 2. The van der Waals surface area contributed by atoms with E-state index in [0.717, 1.165) is 10.4 Å². The molecule has 0 radical (unpaired) electrons. The summed E-state index contributed by atoms with van der Waals surface area (Å²) >= 11 is 6.31. The van der Waals surface area contributed by atoms with Crippen LogP contribution in [0.1, 0.15) is 19.4 Å². The van der Waals surface area contributed by atoms with Crippen LogP contribution in [-0.2, 0) is 26.2 Å². The third-order valence-electron chi connectivity index (χ3n) is 5.76. The highest BCUT2D eigenvalue weighted by atomic mass is 35.5. The van der Waals surface area contributed by atoms with Gasteiger partial charge in [0.05, 0.1) is 15.5 Å². The number of hydrogen-bond acceptors (Lipinski definition) is 6. The Morgan fingerprint density at radius 3 is 2.32 bits per heavy atom. The molecule has 38 heavy (non-hydrogen) atoms. The SMILES string of the molecule is CCNC(=O)[C@@H](C)N(Cc1ccccc1Cl)C(=O)CN(c1cccc([N+](=O)[O-])c1)S(=O)(=O)c1ccccc1. The zero-order valence-electron chi connectivity index (χ0n) is 20.8. The first-order chi connectivity index (χ1) is 18.1. The summed E-state index contributed by atoms with van der Waals surface area (Å²) in [6.07, 6.45) is 0. The highest BCUT2D eigenvalue weighted by Gasteiger charge is 2.33. The fourth-order valence-electron chi connectivity index (χ4n) is 3.72. The van der Waals surface area contributed by atoms with E-state index in [1.807, 2.05) is 0 Å². The summed E-state index contributed by atoms with van der Waals surface area (Å²) < 4.78 is 28.2. The number of nitrogens with one attached hydrogen (secondary N) is 1. The number of carbonyl (C=O) groups is 2. The first kappa shape index (κ1) is 28.6. The summed E-state index contributed by atoms with van der Waals surface area (Å²) in [5.74, 6) is -1.13. The van der Waals surface area contributed by atoms with Gasteiger partial charge >= 0.3 is 0 Å². The Bertz CT molecular complexity index is 1420. The van der Waals surface area contributed by atoms with Gasteiger partial charge in [-0.05, 0) is 43.7 Å². The lowest BCUT2D eigenvalue weighted by Crippen LogP contribution is -2.51. The van der Waals surface area contributed by atoms with Gasteiger partial charge in [0.15, 0.2) is 0 Å². The van der Waals surface area contributed by atoms with Crippen LogP contribution in [-0.4, -0.2) is 49.2 Å². The number of benzene rings is 3. The van der Waals surface area contributed by atoms with Crippen molar-refractivity contribution in [3.8, 4) is 0 Å². The lowest BCUT2D eigenvalue weighted by Gasteiger charge is -2.32. The predicted molar refractivity (Wildman–Crippen MR) is 144 cm³/mol. The fraction of sp³-hybridized carbons (Fsp3) is 0.231. The van der Waals surface area contributed by atoms with Gasteiger partial charge in [0.25, 0.3) is 15.7 Å². The van der Waals surface area contributed by atoms with Gasteiger partial charge in [-0.1, -0.05) is 54.1 Å². The van der Waals surface area contributed by atoms with E-state index in [2.05, 4.69) is 5.32 Å². The molecule has 0 fully saturated rings. The van der Waals surface area contributed by atoms with Gasteiger partial charge in [-0.3, -0.25) is 24.0 Å². The predicted octanol–water partition coefficient (Wildman–Crippen LogP) is 4.00. The Balaban J connectivity index is 2.07. The summed E-state index contributed by atoms with van der Waals surface area (Å²) in [6, 6.07) is 18.3. The minimum absolute atomic E-state index is 0.0645. The maximum absolute atomic E-state index is 13.8. The van der Waals surface area contributed by atoms with Gasteiger partial charge in [-0.25, -0.2) is 8.42 Å². The van der Waals surface area contributed by atoms with Gasteiger partial charge in [0.2, 0.25) is 11.8 Å². The molecule has 0 aliphatic heterocycles. The second-order valence-electron chi connectivity index (χ2n) is 8.29. The van der Waals surface area contributed by atoms with Crippen LogP contribution < -0.4 is 9.62 Å². The maximum atomic E-state index is 13.8. The van der Waals surface area contributed by atoms with Gasteiger partial charge in [-0.2, -0.15) is 0 Å². The van der Waals surface area contributed by atoms with Gasteiger partial charge < -0.3 is 10.2 Å². The molecule has 1 atom stereocenters. The lowest BCUT2D eigenvalue weighted by molar-refractivity contribution is -0.384. The maximum Gasteiger partial charge on any atom is 0.271 e. The molecule has 1 N–H and O–H groups in total. The van der Waals surface area contributed by atoms with Crippen molar-refractivity contribution in [2.45, 2.75) is 31.3 Å². The molecule has 0 bridgehead atoms. The smallest absolute Gasteiger partial charge is 0.271 e.